The summed E-state index contributed by atoms with van der Waals surface area (Å²) in [5, 5.41) is 6.02. The molecule has 0 fully saturated rings. The standard InChI is InChI=1S/C20H19FN2O/c1-2-20(24)23-18(13-8-15-6-4-3-5-7-15)14-19(22-23)16-9-11-17(21)12-10-16/h3-13,18H,2,14H2,1H3/b13-8+. The average molecular weight is 322 g/mol. The van der Waals surface area contributed by atoms with Gasteiger partial charge in [-0.3, -0.25) is 4.79 Å². The van der Waals surface area contributed by atoms with Crippen LogP contribution in [-0.4, -0.2) is 22.7 Å². The van der Waals surface area contributed by atoms with E-state index in [2.05, 4.69) is 5.10 Å². The molecule has 24 heavy (non-hydrogen) atoms. The summed E-state index contributed by atoms with van der Waals surface area (Å²) in [6.45, 7) is 1.83. The number of amides is 1. The number of hydrogen-bond acceptors (Lipinski definition) is 2. The van der Waals surface area contributed by atoms with Gasteiger partial charge in [-0.1, -0.05) is 61.5 Å². The van der Waals surface area contributed by atoms with Crippen LogP contribution in [0.3, 0.4) is 0 Å². The summed E-state index contributed by atoms with van der Waals surface area (Å²) in [4.78, 5) is 12.2. The molecule has 0 saturated heterocycles. The summed E-state index contributed by atoms with van der Waals surface area (Å²) < 4.78 is 13.1. The molecule has 2 aromatic rings. The van der Waals surface area contributed by atoms with Gasteiger partial charge in [-0.05, 0) is 23.3 Å². The molecule has 1 heterocycles. The molecule has 2 aromatic carbocycles. The van der Waals surface area contributed by atoms with Crippen molar-refractivity contribution in [2.45, 2.75) is 25.8 Å². The fourth-order valence-corrected chi connectivity index (χ4v) is 2.69. The van der Waals surface area contributed by atoms with Gasteiger partial charge in [0.05, 0.1) is 11.8 Å². The van der Waals surface area contributed by atoms with Crippen LogP contribution >= 0.6 is 0 Å². The summed E-state index contributed by atoms with van der Waals surface area (Å²) in [7, 11) is 0. The van der Waals surface area contributed by atoms with E-state index in [0.717, 1.165) is 16.8 Å². The Kier molecular flexibility index (Phi) is 4.85. The predicted molar refractivity (Wildman–Crippen MR) is 94.0 cm³/mol. The smallest absolute Gasteiger partial charge is 0.242 e. The number of carbonyl (C=O) groups is 1. The third-order valence-corrected chi connectivity index (χ3v) is 3.99. The fourth-order valence-electron chi connectivity index (χ4n) is 2.69. The molecule has 1 aliphatic heterocycles. The van der Waals surface area contributed by atoms with Crippen molar-refractivity contribution < 1.29 is 9.18 Å². The number of hydrogen-bond donors (Lipinski definition) is 0. The monoisotopic (exact) mass is 322 g/mol. The molecule has 0 spiro atoms. The molecular formula is C20H19FN2O. The summed E-state index contributed by atoms with van der Waals surface area (Å²) in [5.74, 6) is -0.297. The van der Waals surface area contributed by atoms with Crippen molar-refractivity contribution in [3.63, 3.8) is 0 Å². The lowest BCUT2D eigenvalue weighted by molar-refractivity contribution is -0.131. The lowest BCUT2D eigenvalue weighted by atomic mass is 10.0. The number of benzene rings is 2. The van der Waals surface area contributed by atoms with Crippen LogP contribution in [-0.2, 0) is 4.79 Å². The van der Waals surface area contributed by atoms with Crippen LogP contribution < -0.4 is 0 Å². The van der Waals surface area contributed by atoms with Gasteiger partial charge in [0.25, 0.3) is 0 Å². The van der Waals surface area contributed by atoms with Gasteiger partial charge in [0, 0.05) is 12.8 Å². The maximum absolute atomic E-state index is 13.1. The third-order valence-electron chi connectivity index (χ3n) is 3.99. The second-order valence-electron chi connectivity index (χ2n) is 5.69. The predicted octanol–water partition coefficient (Wildman–Crippen LogP) is 4.25. The number of nitrogens with zero attached hydrogens (tertiary/aromatic N) is 2. The second-order valence-corrected chi connectivity index (χ2v) is 5.69. The molecule has 0 N–H and O–H groups in total. The minimum Gasteiger partial charge on any atom is -0.273 e. The van der Waals surface area contributed by atoms with Gasteiger partial charge in [0.2, 0.25) is 5.91 Å². The van der Waals surface area contributed by atoms with Crippen LogP contribution in [0.1, 0.15) is 30.9 Å². The Morgan fingerprint density at radius 2 is 1.92 bits per heavy atom. The molecule has 122 valence electrons. The Labute approximate surface area is 141 Å². The number of hydrazone groups is 1. The van der Waals surface area contributed by atoms with Crippen molar-refractivity contribution in [2.24, 2.45) is 5.10 Å². The molecule has 3 nitrogen and oxygen atoms in total. The van der Waals surface area contributed by atoms with E-state index in [9.17, 15) is 9.18 Å². The minimum atomic E-state index is -0.278. The molecule has 0 radical (unpaired) electrons. The summed E-state index contributed by atoms with van der Waals surface area (Å²) in [6.07, 6.45) is 5.03. The number of carbonyl (C=O) groups excluding carboxylic acids is 1. The van der Waals surface area contributed by atoms with Gasteiger partial charge in [-0.2, -0.15) is 5.10 Å². The fraction of sp³-hybridized carbons (Fsp3) is 0.200. The molecule has 0 aromatic heterocycles. The number of halogens is 1. The highest BCUT2D eigenvalue weighted by Gasteiger charge is 2.29. The van der Waals surface area contributed by atoms with Gasteiger partial charge in [0.1, 0.15) is 5.82 Å². The molecule has 4 heteroatoms. The van der Waals surface area contributed by atoms with E-state index < -0.39 is 0 Å². The van der Waals surface area contributed by atoms with E-state index in [-0.39, 0.29) is 17.8 Å². The van der Waals surface area contributed by atoms with Crippen molar-refractivity contribution in [1.29, 1.82) is 0 Å². The number of rotatable bonds is 4. The molecule has 1 unspecified atom stereocenters. The molecule has 0 saturated carbocycles. The normalized spacial score (nSPS) is 17.3. The van der Waals surface area contributed by atoms with Gasteiger partial charge >= 0.3 is 0 Å². The SMILES string of the molecule is CCC(=O)N1N=C(c2ccc(F)cc2)CC1/C=C/c1ccccc1. The first kappa shape index (κ1) is 16.1. The van der Waals surface area contributed by atoms with E-state index in [1.165, 1.54) is 17.1 Å². The van der Waals surface area contributed by atoms with E-state index in [0.29, 0.717) is 12.8 Å². The van der Waals surface area contributed by atoms with Gasteiger partial charge in [0.15, 0.2) is 0 Å². The van der Waals surface area contributed by atoms with Crippen LogP contribution in [0.5, 0.6) is 0 Å². The Bertz CT molecular complexity index is 766. The van der Waals surface area contributed by atoms with Crippen LogP contribution in [0.2, 0.25) is 0 Å². The van der Waals surface area contributed by atoms with Gasteiger partial charge in [-0.15, -0.1) is 0 Å². The van der Waals surface area contributed by atoms with Crippen molar-refractivity contribution in [3.05, 3.63) is 77.6 Å². The molecule has 0 bridgehead atoms. The quantitative estimate of drug-likeness (QED) is 0.828. The van der Waals surface area contributed by atoms with E-state index in [1.54, 1.807) is 12.1 Å². The highest BCUT2D eigenvalue weighted by Crippen LogP contribution is 2.23. The highest BCUT2D eigenvalue weighted by atomic mass is 19.1. The summed E-state index contributed by atoms with van der Waals surface area (Å²) in [6, 6.07) is 16.1. The third kappa shape index (κ3) is 3.59. The van der Waals surface area contributed by atoms with Gasteiger partial charge < -0.3 is 0 Å². The zero-order valence-corrected chi connectivity index (χ0v) is 13.5. The molecule has 1 atom stereocenters. The van der Waals surface area contributed by atoms with Crippen molar-refractivity contribution >= 4 is 17.7 Å². The lowest BCUT2D eigenvalue weighted by Gasteiger charge is -2.17. The Morgan fingerprint density at radius 3 is 2.58 bits per heavy atom. The van der Waals surface area contributed by atoms with E-state index in [4.69, 9.17) is 0 Å². The highest BCUT2D eigenvalue weighted by molar-refractivity contribution is 6.03. The van der Waals surface area contributed by atoms with Crippen molar-refractivity contribution in [3.8, 4) is 0 Å². The molecule has 1 amide bonds. The first-order valence-electron chi connectivity index (χ1n) is 8.06. The maximum Gasteiger partial charge on any atom is 0.242 e. The van der Waals surface area contributed by atoms with Crippen molar-refractivity contribution in [2.75, 3.05) is 0 Å². The van der Waals surface area contributed by atoms with Crippen molar-refractivity contribution in [1.82, 2.24) is 5.01 Å². The van der Waals surface area contributed by atoms with Crippen LogP contribution in [0, 0.1) is 5.82 Å². The Hall–Kier alpha value is -2.75. The second kappa shape index (κ2) is 7.21. The topological polar surface area (TPSA) is 32.7 Å². The average Bonchev–Trinajstić information content (AvgIpc) is 3.05. The zero-order valence-electron chi connectivity index (χ0n) is 13.5. The Balaban J connectivity index is 1.83. The van der Waals surface area contributed by atoms with E-state index >= 15 is 0 Å². The maximum atomic E-state index is 13.1. The molecular weight excluding hydrogens is 303 g/mol. The van der Waals surface area contributed by atoms with Crippen LogP contribution in [0.15, 0.2) is 65.8 Å². The zero-order chi connectivity index (χ0) is 16.9. The summed E-state index contributed by atoms with van der Waals surface area (Å²) in [5.41, 5.74) is 2.73. The first-order chi connectivity index (χ1) is 11.7. The molecule has 3 rings (SSSR count). The van der Waals surface area contributed by atoms with Gasteiger partial charge in [-0.25, -0.2) is 9.40 Å². The first-order valence-corrected chi connectivity index (χ1v) is 8.06. The molecule has 1 aliphatic rings. The van der Waals surface area contributed by atoms with Crippen LogP contribution in [0.25, 0.3) is 6.08 Å². The van der Waals surface area contributed by atoms with E-state index in [1.807, 2.05) is 49.4 Å². The summed E-state index contributed by atoms with van der Waals surface area (Å²) >= 11 is 0. The largest absolute Gasteiger partial charge is 0.273 e. The van der Waals surface area contributed by atoms with Crippen LogP contribution in [0.4, 0.5) is 4.39 Å². The minimum absolute atomic E-state index is 0.0187. The lowest BCUT2D eigenvalue weighted by Crippen LogP contribution is -2.30. The molecule has 0 aliphatic carbocycles. The Morgan fingerprint density at radius 1 is 1.21 bits per heavy atom.